The van der Waals surface area contributed by atoms with Crippen molar-refractivity contribution in [3.05, 3.63) is 132 Å². The van der Waals surface area contributed by atoms with Crippen molar-refractivity contribution in [3.63, 3.8) is 0 Å². The summed E-state index contributed by atoms with van der Waals surface area (Å²) in [6.45, 7) is 0. The standard InChI is InChI=1S/C32H36F2N4O5S2/c33-32(34,30(24-26-13-5-2-6-14-26)38-45(42,43)22-18-28-16-8-10-20-36-28)31(39)29(23-25-11-3-1-4-12-25)37-44(40,41)21-17-27-15-7-9-19-35-27/h1-16,19-20,29-31,37-39H,17-18,21-24H2/t29-,30-,31+/m0/s1. The van der Waals surface area contributed by atoms with Gasteiger partial charge in [0.1, 0.15) is 6.10 Å². The number of hydrogen-bond donors (Lipinski definition) is 3. The molecule has 0 unspecified atom stereocenters. The lowest BCUT2D eigenvalue weighted by Crippen LogP contribution is -2.61. The van der Waals surface area contributed by atoms with Crippen molar-refractivity contribution in [2.75, 3.05) is 11.5 Å². The van der Waals surface area contributed by atoms with Crippen molar-refractivity contribution < 1.29 is 30.7 Å². The van der Waals surface area contributed by atoms with Gasteiger partial charge in [0.2, 0.25) is 20.0 Å². The average molecular weight is 659 g/mol. The van der Waals surface area contributed by atoms with Crippen LogP contribution in [0.1, 0.15) is 22.5 Å². The summed E-state index contributed by atoms with van der Waals surface area (Å²) in [6, 6.07) is 22.6. The van der Waals surface area contributed by atoms with Crippen LogP contribution in [0.3, 0.4) is 0 Å². The minimum atomic E-state index is -4.30. The normalized spacial score (nSPS) is 14.5. The number of nitrogens with zero attached hydrogens (tertiary/aromatic N) is 2. The summed E-state index contributed by atoms with van der Waals surface area (Å²) in [5, 5.41) is 11.3. The average Bonchev–Trinajstić information content (AvgIpc) is 3.04. The Hall–Kier alpha value is -3.62. The molecule has 0 aliphatic heterocycles. The first-order valence-electron chi connectivity index (χ1n) is 14.4. The van der Waals surface area contributed by atoms with E-state index in [0.29, 0.717) is 22.5 Å². The molecule has 45 heavy (non-hydrogen) atoms. The third-order valence-electron chi connectivity index (χ3n) is 7.18. The van der Waals surface area contributed by atoms with Crippen molar-refractivity contribution >= 4 is 20.0 Å². The molecular weight excluding hydrogens is 623 g/mol. The summed E-state index contributed by atoms with van der Waals surface area (Å²) in [5.41, 5.74) is 1.87. The van der Waals surface area contributed by atoms with Crippen molar-refractivity contribution in [1.29, 1.82) is 0 Å². The Bertz CT molecular complexity index is 1690. The largest absolute Gasteiger partial charge is 0.385 e. The fourth-order valence-electron chi connectivity index (χ4n) is 4.80. The highest BCUT2D eigenvalue weighted by Crippen LogP contribution is 2.30. The van der Waals surface area contributed by atoms with Crippen molar-refractivity contribution in [1.82, 2.24) is 19.4 Å². The van der Waals surface area contributed by atoms with Gasteiger partial charge in [-0.15, -0.1) is 0 Å². The molecule has 2 aromatic carbocycles. The fourth-order valence-corrected chi connectivity index (χ4v) is 7.34. The smallest absolute Gasteiger partial charge is 0.291 e. The van der Waals surface area contributed by atoms with Crippen LogP contribution in [-0.4, -0.2) is 67.5 Å². The molecule has 0 aliphatic rings. The first-order valence-corrected chi connectivity index (χ1v) is 17.7. The quantitative estimate of drug-likeness (QED) is 0.158. The predicted molar refractivity (Wildman–Crippen MR) is 169 cm³/mol. The molecule has 3 N–H and O–H groups in total. The fraction of sp³-hybridized carbons (Fsp3) is 0.312. The number of hydrogen-bond acceptors (Lipinski definition) is 7. The Morgan fingerprint density at radius 3 is 1.56 bits per heavy atom. The zero-order chi connectivity index (χ0) is 32.3. The lowest BCUT2D eigenvalue weighted by atomic mass is 9.91. The maximum absolute atomic E-state index is 16.4. The minimum absolute atomic E-state index is 0.0188. The van der Waals surface area contributed by atoms with E-state index in [4.69, 9.17) is 0 Å². The molecule has 4 aromatic rings. The Labute approximate surface area is 262 Å². The topological polar surface area (TPSA) is 138 Å². The Balaban J connectivity index is 1.60. The van der Waals surface area contributed by atoms with Crippen LogP contribution in [-0.2, 0) is 45.7 Å². The van der Waals surface area contributed by atoms with Crippen molar-refractivity contribution in [2.24, 2.45) is 0 Å². The Kier molecular flexibility index (Phi) is 11.9. The third kappa shape index (κ3) is 10.8. The molecule has 13 heteroatoms. The van der Waals surface area contributed by atoms with E-state index < -0.39 is 62.1 Å². The van der Waals surface area contributed by atoms with Gasteiger partial charge < -0.3 is 5.11 Å². The predicted octanol–water partition coefficient (Wildman–Crippen LogP) is 3.32. The van der Waals surface area contributed by atoms with Gasteiger partial charge in [0, 0.05) is 36.6 Å². The molecule has 0 amide bonds. The molecular formula is C32H36F2N4O5S2. The molecule has 2 aromatic heterocycles. The van der Waals surface area contributed by atoms with Crippen LogP contribution >= 0.6 is 0 Å². The van der Waals surface area contributed by atoms with E-state index in [1.54, 1.807) is 97.1 Å². The Morgan fingerprint density at radius 1 is 0.644 bits per heavy atom. The van der Waals surface area contributed by atoms with Crippen molar-refractivity contribution in [3.8, 4) is 0 Å². The summed E-state index contributed by atoms with van der Waals surface area (Å²) < 4.78 is 89.7. The van der Waals surface area contributed by atoms with E-state index in [2.05, 4.69) is 19.4 Å². The maximum atomic E-state index is 16.4. The molecule has 4 rings (SSSR count). The number of benzene rings is 2. The second-order valence-corrected chi connectivity index (χ2v) is 14.4. The van der Waals surface area contributed by atoms with Gasteiger partial charge in [-0.3, -0.25) is 9.97 Å². The van der Waals surface area contributed by atoms with Crippen LogP contribution in [0.25, 0.3) is 0 Å². The summed E-state index contributed by atoms with van der Waals surface area (Å²) in [5.74, 6) is -5.09. The molecule has 0 radical (unpaired) electrons. The van der Waals surface area contributed by atoms with Crippen LogP contribution in [0.15, 0.2) is 109 Å². The highest BCUT2D eigenvalue weighted by Gasteiger charge is 2.51. The number of rotatable bonds is 17. The SMILES string of the molecule is O=S(=O)(CCc1ccccn1)N[C@@H](Cc1ccccc1)[C@@H](O)C(F)(F)[C@H](Cc1ccccc1)NS(=O)(=O)CCc1ccccn1. The summed E-state index contributed by atoms with van der Waals surface area (Å²) >= 11 is 0. The number of aromatic nitrogens is 2. The van der Waals surface area contributed by atoms with Crippen LogP contribution in [0, 0.1) is 0 Å². The lowest BCUT2D eigenvalue weighted by Gasteiger charge is -2.35. The molecule has 240 valence electrons. The van der Waals surface area contributed by atoms with Crippen molar-refractivity contribution in [2.45, 2.75) is 49.8 Å². The molecule has 0 saturated heterocycles. The zero-order valence-electron chi connectivity index (χ0n) is 24.4. The van der Waals surface area contributed by atoms with E-state index in [9.17, 15) is 21.9 Å². The van der Waals surface area contributed by atoms with Crippen LogP contribution < -0.4 is 9.44 Å². The summed E-state index contributed by atoms with van der Waals surface area (Å²) in [4.78, 5) is 8.19. The molecule has 9 nitrogen and oxygen atoms in total. The van der Waals surface area contributed by atoms with E-state index in [1.807, 2.05) is 0 Å². The first-order chi connectivity index (χ1) is 21.4. The van der Waals surface area contributed by atoms with E-state index >= 15 is 8.78 Å². The number of sulfonamides is 2. The Morgan fingerprint density at radius 2 is 1.09 bits per heavy atom. The molecule has 0 fully saturated rings. The van der Waals surface area contributed by atoms with Gasteiger partial charge in [0.25, 0.3) is 5.92 Å². The number of nitrogens with one attached hydrogen (secondary N) is 2. The molecule has 2 heterocycles. The zero-order valence-corrected chi connectivity index (χ0v) is 26.0. The van der Waals surface area contributed by atoms with Gasteiger partial charge in [0.05, 0.1) is 23.6 Å². The van der Waals surface area contributed by atoms with Crippen LogP contribution in [0.4, 0.5) is 8.78 Å². The van der Waals surface area contributed by atoms with Gasteiger partial charge in [-0.25, -0.2) is 35.1 Å². The minimum Gasteiger partial charge on any atom is -0.385 e. The number of alkyl halides is 2. The van der Waals surface area contributed by atoms with E-state index in [-0.39, 0.29) is 19.3 Å². The molecule has 0 spiro atoms. The number of aliphatic hydroxyl groups is 1. The second-order valence-electron chi connectivity index (χ2n) is 10.7. The number of aliphatic hydroxyl groups excluding tert-OH is 1. The van der Waals surface area contributed by atoms with Crippen LogP contribution in [0.2, 0.25) is 0 Å². The van der Waals surface area contributed by atoms with Gasteiger partial charge in [-0.2, -0.15) is 0 Å². The highest BCUT2D eigenvalue weighted by molar-refractivity contribution is 7.89. The van der Waals surface area contributed by atoms with E-state index in [1.165, 1.54) is 12.4 Å². The molecule has 0 aliphatic carbocycles. The number of halogens is 2. The lowest BCUT2D eigenvalue weighted by molar-refractivity contribution is -0.137. The highest BCUT2D eigenvalue weighted by atomic mass is 32.2. The summed E-state index contributed by atoms with van der Waals surface area (Å²) in [6.07, 6.45) is -0.314. The first kappa shape index (κ1) is 34.3. The maximum Gasteiger partial charge on any atom is 0.291 e. The number of aryl methyl sites for hydroxylation is 2. The number of pyridine rings is 2. The third-order valence-corrected chi connectivity index (χ3v) is 9.97. The molecule has 0 bridgehead atoms. The second kappa shape index (κ2) is 15.6. The van der Waals surface area contributed by atoms with Gasteiger partial charge in [-0.05, 0) is 48.2 Å². The van der Waals surface area contributed by atoms with Crippen LogP contribution in [0.5, 0.6) is 0 Å². The van der Waals surface area contributed by atoms with E-state index in [0.717, 1.165) is 0 Å². The molecule has 0 saturated carbocycles. The van der Waals surface area contributed by atoms with Gasteiger partial charge in [-0.1, -0.05) is 72.8 Å². The van der Waals surface area contributed by atoms with Gasteiger partial charge in [0.15, 0.2) is 0 Å². The summed E-state index contributed by atoms with van der Waals surface area (Å²) in [7, 11) is -8.49. The van der Waals surface area contributed by atoms with Gasteiger partial charge >= 0.3 is 0 Å². The monoisotopic (exact) mass is 658 g/mol. The molecule has 3 atom stereocenters.